The molecule has 2 saturated heterocycles. The number of amides is 2. The van der Waals surface area contributed by atoms with Crippen molar-refractivity contribution in [3.05, 3.63) is 29.3 Å². The van der Waals surface area contributed by atoms with E-state index in [0.29, 0.717) is 0 Å². The Morgan fingerprint density at radius 2 is 2.17 bits per heavy atom. The zero-order valence-electron chi connectivity index (χ0n) is 13.2. The maximum absolute atomic E-state index is 13.1. The highest BCUT2D eigenvalue weighted by molar-refractivity contribution is 5.74. The van der Waals surface area contributed by atoms with Crippen LogP contribution in [-0.2, 0) is 17.5 Å². The summed E-state index contributed by atoms with van der Waals surface area (Å²) < 4.78 is 49.8. The van der Waals surface area contributed by atoms with Gasteiger partial charge in [0.15, 0.2) is 0 Å². The van der Waals surface area contributed by atoms with Crippen LogP contribution in [0.4, 0.5) is 18.0 Å². The molecule has 2 bridgehead atoms. The first-order valence-corrected chi connectivity index (χ1v) is 7.80. The lowest BCUT2D eigenvalue weighted by Crippen LogP contribution is -2.46. The minimum atomic E-state index is -4.51. The second-order valence-electron chi connectivity index (χ2n) is 6.06. The second-order valence-corrected chi connectivity index (χ2v) is 6.06. The van der Waals surface area contributed by atoms with Crippen molar-refractivity contribution in [3.63, 3.8) is 0 Å². The lowest BCUT2D eigenvalue weighted by Gasteiger charge is -2.21. The van der Waals surface area contributed by atoms with Gasteiger partial charge in [-0.2, -0.15) is 13.2 Å². The van der Waals surface area contributed by atoms with Gasteiger partial charge in [-0.1, -0.05) is 6.07 Å². The summed E-state index contributed by atoms with van der Waals surface area (Å²) in [6, 6.07) is 3.12. The molecule has 2 aliphatic heterocycles. The lowest BCUT2D eigenvalue weighted by molar-refractivity contribution is -0.138. The SMILES string of the molecule is COc1ccc(CNC(=O)N[C@@H]2C[C@H]3CC[C@@H]2O3)c(C(F)(F)F)c1. The van der Waals surface area contributed by atoms with Crippen LogP contribution in [0, 0.1) is 0 Å². The summed E-state index contributed by atoms with van der Waals surface area (Å²) >= 11 is 0. The molecular formula is C16H19F3N2O3. The van der Waals surface area contributed by atoms with E-state index in [9.17, 15) is 18.0 Å². The van der Waals surface area contributed by atoms with Crippen LogP contribution >= 0.6 is 0 Å². The maximum atomic E-state index is 13.1. The number of methoxy groups -OCH3 is 1. The Labute approximate surface area is 137 Å². The standard InChI is InChI=1S/C16H19F3N2O3/c1-23-10-3-2-9(12(6-10)16(17,18)19)8-20-15(22)21-13-7-11-4-5-14(13)24-11/h2-3,6,11,13-14H,4-5,7-8H2,1H3,(H2,20,21,22)/t11-,13-,14+/m1/s1. The molecule has 0 unspecified atom stereocenters. The van der Waals surface area contributed by atoms with Gasteiger partial charge in [0.25, 0.3) is 0 Å². The molecule has 1 aromatic carbocycles. The predicted octanol–water partition coefficient (Wildman–Crippen LogP) is 2.83. The fourth-order valence-electron chi connectivity index (χ4n) is 3.29. The minimum absolute atomic E-state index is 0.0114. The molecule has 3 rings (SSSR count). The van der Waals surface area contributed by atoms with Crippen molar-refractivity contribution in [2.24, 2.45) is 0 Å². The number of benzene rings is 1. The van der Waals surface area contributed by atoms with Crippen molar-refractivity contribution in [1.82, 2.24) is 10.6 Å². The number of hydrogen-bond donors (Lipinski definition) is 2. The normalized spacial score (nSPS) is 25.6. The smallest absolute Gasteiger partial charge is 0.416 e. The number of ether oxygens (including phenoxy) is 2. The number of fused-ring (bicyclic) bond motifs is 2. The van der Waals surface area contributed by atoms with Crippen LogP contribution in [0.1, 0.15) is 30.4 Å². The minimum Gasteiger partial charge on any atom is -0.497 e. The van der Waals surface area contributed by atoms with Gasteiger partial charge in [0.05, 0.1) is 30.9 Å². The highest BCUT2D eigenvalue weighted by atomic mass is 19.4. The summed E-state index contributed by atoms with van der Waals surface area (Å²) in [5.41, 5.74) is -0.826. The van der Waals surface area contributed by atoms with Crippen molar-refractivity contribution in [2.75, 3.05) is 7.11 Å². The number of urea groups is 1. The Kier molecular flexibility index (Phi) is 4.58. The van der Waals surface area contributed by atoms with Gasteiger partial charge in [0.2, 0.25) is 0 Å². The molecule has 5 nitrogen and oxygen atoms in total. The fraction of sp³-hybridized carbons (Fsp3) is 0.562. The van der Waals surface area contributed by atoms with Crippen LogP contribution in [0.2, 0.25) is 0 Å². The monoisotopic (exact) mass is 344 g/mol. The summed E-state index contributed by atoms with van der Waals surface area (Å²) in [4.78, 5) is 11.9. The Hall–Kier alpha value is -1.96. The van der Waals surface area contributed by atoms with E-state index in [4.69, 9.17) is 9.47 Å². The molecule has 0 saturated carbocycles. The van der Waals surface area contributed by atoms with Gasteiger partial charge in [-0.25, -0.2) is 4.79 Å². The number of halogens is 3. The van der Waals surface area contributed by atoms with Crippen LogP contribution in [-0.4, -0.2) is 31.4 Å². The van der Waals surface area contributed by atoms with E-state index in [1.807, 2.05) is 0 Å². The number of rotatable bonds is 4. The van der Waals surface area contributed by atoms with Crippen LogP contribution in [0.3, 0.4) is 0 Å². The van der Waals surface area contributed by atoms with Gasteiger partial charge in [-0.3, -0.25) is 0 Å². The van der Waals surface area contributed by atoms with Gasteiger partial charge in [0.1, 0.15) is 5.75 Å². The van der Waals surface area contributed by atoms with E-state index in [1.54, 1.807) is 0 Å². The number of carbonyl (C=O) groups is 1. The first-order valence-electron chi connectivity index (χ1n) is 7.80. The van der Waals surface area contributed by atoms with Crippen LogP contribution in [0.25, 0.3) is 0 Å². The van der Waals surface area contributed by atoms with E-state index in [2.05, 4.69) is 10.6 Å². The Bertz CT molecular complexity index is 621. The van der Waals surface area contributed by atoms with Crippen LogP contribution in [0.15, 0.2) is 18.2 Å². The molecular weight excluding hydrogens is 325 g/mol. The van der Waals surface area contributed by atoms with Gasteiger partial charge in [0, 0.05) is 6.54 Å². The molecule has 0 aliphatic carbocycles. The molecule has 2 heterocycles. The highest BCUT2D eigenvalue weighted by Gasteiger charge is 2.41. The molecule has 0 spiro atoms. The molecule has 0 radical (unpaired) electrons. The van der Waals surface area contributed by atoms with E-state index in [-0.39, 0.29) is 36.1 Å². The largest absolute Gasteiger partial charge is 0.497 e. The number of alkyl halides is 3. The summed E-state index contributed by atoms with van der Waals surface area (Å²) in [5, 5.41) is 5.27. The molecule has 2 aliphatic rings. The third-order valence-corrected chi connectivity index (χ3v) is 4.48. The average molecular weight is 344 g/mol. The first kappa shape index (κ1) is 16.9. The summed E-state index contributed by atoms with van der Waals surface area (Å²) in [7, 11) is 1.30. The molecule has 2 N–H and O–H groups in total. The van der Waals surface area contributed by atoms with Crippen molar-refractivity contribution in [1.29, 1.82) is 0 Å². The van der Waals surface area contributed by atoms with E-state index >= 15 is 0 Å². The molecule has 1 aromatic rings. The maximum Gasteiger partial charge on any atom is 0.416 e. The zero-order chi connectivity index (χ0) is 17.3. The van der Waals surface area contributed by atoms with E-state index in [1.165, 1.54) is 19.2 Å². The Morgan fingerprint density at radius 3 is 2.75 bits per heavy atom. The molecule has 2 fully saturated rings. The summed E-state index contributed by atoms with van der Waals surface area (Å²) in [6.45, 7) is -0.216. The summed E-state index contributed by atoms with van der Waals surface area (Å²) in [5.74, 6) is 0.120. The van der Waals surface area contributed by atoms with Crippen molar-refractivity contribution < 1.29 is 27.4 Å². The molecule has 8 heteroatoms. The third-order valence-electron chi connectivity index (χ3n) is 4.48. The van der Waals surface area contributed by atoms with Gasteiger partial charge in [-0.05, 0) is 37.0 Å². The third kappa shape index (κ3) is 3.58. The fourth-order valence-corrected chi connectivity index (χ4v) is 3.29. The quantitative estimate of drug-likeness (QED) is 0.883. The van der Waals surface area contributed by atoms with Crippen LogP contribution in [0.5, 0.6) is 5.75 Å². The topological polar surface area (TPSA) is 59.6 Å². The van der Waals surface area contributed by atoms with Crippen molar-refractivity contribution in [3.8, 4) is 5.75 Å². The van der Waals surface area contributed by atoms with Gasteiger partial charge < -0.3 is 20.1 Å². The lowest BCUT2D eigenvalue weighted by atomic mass is 9.96. The summed E-state index contributed by atoms with van der Waals surface area (Å²) in [6.07, 6.45) is -1.63. The highest BCUT2D eigenvalue weighted by Crippen LogP contribution is 2.35. The number of hydrogen-bond acceptors (Lipinski definition) is 3. The van der Waals surface area contributed by atoms with E-state index in [0.717, 1.165) is 25.3 Å². The average Bonchev–Trinajstić information content (AvgIpc) is 3.14. The van der Waals surface area contributed by atoms with Gasteiger partial charge >= 0.3 is 12.2 Å². The van der Waals surface area contributed by atoms with Crippen molar-refractivity contribution in [2.45, 2.75) is 50.2 Å². The molecule has 2 amide bonds. The number of nitrogens with one attached hydrogen (secondary N) is 2. The predicted molar refractivity (Wildman–Crippen MR) is 79.7 cm³/mol. The van der Waals surface area contributed by atoms with Gasteiger partial charge in [-0.15, -0.1) is 0 Å². The first-order chi connectivity index (χ1) is 11.4. The molecule has 3 atom stereocenters. The van der Waals surface area contributed by atoms with Crippen molar-refractivity contribution >= 4 is 6.03 Å². The second kappa shape index (κ2) is 6.51. The molecule has 24 heavy (non-hydrogen) atoms. The molecule has 132 valence electrons. The number of carbonyl (C=O) groups excluding carboxylic acids is 1. The Balaban J connectivity index is 1.60. The van der Waals surface area contributed by atoms with E-state index < -0.39 is 17.8 Å². The van der Waals surface area contributed by atoms with Crippen LogP contribution < -0.4 is 15.4 Å². The molecule has 0 aromatic heterocycles. The zero-order valence-corrected chi connectivity index (χ0v) is 13.2. The Morgan fingerprint density at radius 1 is 1.38 bits per heavy atom.